The van der Waals surface area contributed by atoms with E-state index in [9.17, 15) is 0 Å². The highest BCUT2D eigenvalue weighted by Crippen LogP contribution is 2.29. The van der Waals surface area contributed by atoms with Crippen LogP contribution in [0.25, 0.3) is 0 Å². The van der Waals surface area contributed by atoms with Crippen molar-refractivity contribution in [2.24, 2.45) is 0 Å². The fraction of sp³-hybridized carbons (Fsp3) is 0.706. The summed E-state index contributed by atoms with van der Waals surface area (Å²) in [6.45, 7) is 3.57. The summed E-state index contributed by atoms with van der Waals surface area (Å²) in [4.78, 5) is 9.69. The van der Waals surface area contributed by atoms with E-state index >= 15 is 0 Å². The molecule has 2 aliphatic rings. The normalized spacial score (nSPS) is 25.4. The Labute approximate surface area is 123 Å². The van der Waals surface area contributed by atoms with Crippen LogP contribution in [0.2, 0.25) is 0 Å². The summed E-state index contributed by atoms with van der Waals surface area (Å²) in [7, 11) is 2.24. The van der Waals surface area contributed by atoms with Gasteiger partial charge in [0.15, 0.2) is 0 Å². The minimum absolute atomic E-state index is 0.578. The van der Waals surface area contributed by atoms with Crippen LogP contribution in [0.4, 0.5) is 5.82 Å². The molecule has 0 amide bonds. The molecule has 1 atom stereocenters. The SMILES string of the molecule is CN1CCCCC1c1ccc(N2CCCCCC2)nc1. The Kier molecular flexibility index (Phi) is 4.56. The van der Waals surface area contributed by atoms with Gasteiger partial charge in [-0.25, -0.2) is 4.98 Å². The van der Waals surface area contributed by atoms with Crippen LogP contribution < -0.4 is 4.90 Å². The second-order valence-electron chi connectivity index (χ2n) is 6.34. The van der Waals surface area contributed by atoms with Crippen molar-refractivity contribution in [3.8, 4) is 0 Å². The van der Waals surface area contributed by atoms with E-state index in [0.29, 0.717) is 6.04 Å². The quantitative estimate of drug-likeness (QED) is 0.820. The van der Waals surface area contributed by atoms with Crippen LogP contribution in [0.5, 0.6) is 0 Å². The van der Waals surface area contributed by atoms with Crippen molar-refractivity contribution in [1.29, 1.82) is 0 Å². The molecule has 1 aromatic rings. The molecule has 20 heavy (non-hydrogen) atoms. The van der Waals surface area contributed by atoms with Crippen molar-refractivity contribution in [3.63, 3.8) is 0 Å². The molecule has 0 saturated carbocycles. The van der Waals surface area contributed by atoms with E-state index in [1.165, 1.54) is 76.0 Å². The summed E-state index contributed by atoms with van der Waals surface area (Å²) < 4.78 is 0. The Bertz CT molecular complexity index is 407. The number of anilines is 1. The number of likely N-dealkylation sites (tertiary alicyclic amines) is 1. The highest BCUT2D eigenvalue weighted by atomic mass is 15.2. The third kappa shape index (κ3) is 3.14. The van der Waals surface area contributed by atoms with Gasteiger partial charge in [0, 0.05) is 25.3 Å². The van der Waals surface area contributed by atoms with Crippen LogP contribution in [0.3, 0.4) is 0 Å². The Hall–Kier alpha value is -1.09. The number of nitrogens with zero attached hydrogens (tertiary/aromatic N) is 3. The second-order valence-corrected chi connectivity index (χ2v) is 6.34. The van der Waals surface area contributed by atoms with E-state index in [1.807, 2.05) is 0 Å². The molecule has 1 unspecified atom stereocenters. The van der Waals surface area contributed by atoms with E-state index in [-0.39, 0.29) is 0 Å². The average Bonchev–Trinajstić information content (AvgIpc) is 2.77. The van der Waals surface area contributed by atoms with Crippen molar-refractivity contribution < 1.29 is 0 Å². The lowest BCUT2D eigenvalue weighted by Crippen LogP contribution is -2.30. The maximum Gasteiger partial charge on any atom is 0.128 e. The van der Waals surface area contributed by atoms with Crippen LogP contribution in [0.15, 0.2) is 18.3 Å². The second kappa shape index (κ2) is 6.57. The smallest absolute Gasteiger partial charge is 0.128 e. The molecule has 0 radical (unpaired) electrons. The molecule has 0 N–H and O–H groups in total. The fourth-order valence-electron chi connectivity index (χ4n) is 3.58. The molecule has 3 rings (SSSR count). The number of piperidine rings is 1. The highest BCUT2D eigenvalue weighted by Gasteiger charge is 2.21. The van der Waals surface area contributed by atoms with Crippen LogP contribution in [0, 0.1) is 0 Å². The molecule has 0 bridgehead atoms. The van der Waals surface area contributed by atoms with Gasteiger partial charge < -0.3 is 4.90 Å². The van der Waals surface area contributed by atoms with Gasteiger partial charge in [0.1, 0.15) is 5.82 Å². The molecule has 3 heterocycles. The van der Waals surface area contributed by atoms with Gasteiger partial charge in [-0.3, -0.25) is 4.90 Å². The Balaban J connectivity index is 1.70. The van der Waals surface area contributed by atoms with E-state index in [4.69, 9.17) is 4.98 Å². The zero-order valence-corrected chi connectivity index (χ0v) is 12.7. The topological polar surface area (TPSA) is 19.4 Å². The molecule has 0 aromatic carbocycles. The van der Waals surface area contributed by atoms with Crippen LogP contribution in [-0.2, 0) is 0 Å². The van der Waals surface area contributed by atoms with Crippen molar-refractivity contribution in [3.05, 3.63) is 23.9 Å². The molecular formula is C17H27N3. The first kappa shape index (κ1) is 13.9. The number of aromatic nitrogens is 1. The van der Waals surface area contributed by atoms with Gasteiger partial charge >= 0.3 is 0 Å². The molecular weight excluding hydrogens is 246 g/mol. The van der Waals surface area contributed by atoms with Crippen LogP contribution >= 0.6 is 0 Å². The summed E-state index contributed by atoms with van der Waals surface area (Å²) in [6, 6.07) is 5.12. The molecule has 2 fully saturated rings. The Morgan fingerprint density at radius 2 is 1.70 bits per heavy atom. The van der Waals surface area contributed by atoms with E-state index in [0.717, 1.165) is 0 Å². The number of hydrogen-bond acceptors (Lipinski definition) is 3. The largest absolute Gasteiger partial charge is 0.357 e. The van der Waals surface area contributed by atoms with Gasteiger partial charge in [-0.05, 0) is 50.9 Å². The number of rotatable bonds is 2. The van der Waals surface area contributed by atoms with Gasteiger partial charge in [-0.1, -0.05) is 25.3 Å². The molecule has 3 nitrogen and oxygen atoms in total. The third-order valence-corrected chi connectivity index (χ3v) is 4.86. The molecule has 3 heteroatoms. The summed E-state index contributed by atoms with van der Waals surface area (Å²) in [5, 5.41) is 0. The lowest BCUT2D eigenvalue weighted by Gasteiger charge is -2.32. The average molecular weight is 273 g/mol. The fourth-order valence-corrected chi connectivity index (χ4v) is 3.58. The van der Waals surface area contributed by atoms with E-state index in [2.05, 4.69) is 35.2 Å². The van der Waals surface area contributed by atoms with Gasteiger partial charge in [0.2, 0.25) is 0 Å². The summed E-state index contributed by atoms with van der Waals surface area (Å²) in [5.41, 5.74) is 1.39. The first-order valence-electron chi connectivity index (χ1n) is 8.26. The number of hydrogen-bond donors (Lipinski definition) is 0. The van der Waals surface area contributed by atoms with Gasteiger partial charge in [-0.15, -0.1) is 0 Å². The lowest BCUT2D eigenvalue weighted by molar-refractivity contribution is 0.187. The van der Waals surface area contributed by atoms with Crippen molar-refractivity contribution in [2.75, 3.05) is 31.6 Å². The van der Waals surface area contributed by atoms with E-state index in [1.54, 1.807) is 0 Å². The number of pyridine rings is 1. The predicted octanol–water partition coefficient (Wildman–Crippen LogP) is 3.62. The molecule has 0 spiro atoms. The zero-order valence-electron chi connectivity index (χ0n) is 12.7. The summed E-state index contributed by atoms with van der Waals surface area (Å²) in [5.74, 6) is 1.18. The van der Waals surface area contributed by atoms with Crippen LogP contribution in [0.1, 0.15) is 56.6 Å². The minimum atomic E-state index is 0.578. The van der Waals surface area contributed by atoms with E-state index < -0.39 is 0 Å². The Morgan fingerprint density at radius 1 is 0.950 bits per heavy atom. The summed E-state index contributed by atoms with van der Waals surface area (Å²) >= 11 is 0. The maximum absolute atomic E-state index is 4.75. The first-order chi connectivity index (χ1) is 9.84. The van der Waals surface area contributed by atoms with Crippen molar-refractivity contribution >= 4 is 5.82 Å². The molecule has 1 aromatic heterocycles. The third-order valence-electron chi connectivity index (χ3n) is 4.86. The predicted molar refractivity (Wildman–Crippen MR) is 84.1 cm³/mol. The van der Waals surface area contributed by atoms with Crippen molar-refractivity contribution in [1.82, 2.24) is 9.88 Å². The van der Waals surface area contributed by atoms with Crippen molar-refractivity contribution in [2.45, 2.75) is 51.0 Å². The monoisotopic (exact) mass is 273 g/mol. The lowest BCUT2D eigenvalue weighted by atomic mass is 9.97. The highest BCUT2D eigenvalue weighted by molar-refractivity contribution is 5.40. The summed E-state index contributed by atoms with van der Waals surface area (Å²) in [6.07, 6.45) is 11.5. The minimum Gasteiger partial charge on any atom is -0.357 e. The molecule has 2 saturated heterocycles. The zero-order chi connectivity index (χ0) is 13.8. The molecule has 110 valence electrons. The Morgan fingerprint density at radius 3 is 2.35 bits per heavy atom. The molecule has 0 aliphatic carbocycles. The van der Waals surface area contributed by atoms with Gasteiger partial charge in [0.05, 0.1) is 0 Å². The maximum atomic E-state index is 4.75. The first-order valence-corrected chi connectivity index (χ1v) is 8.26. The van der Waals surface area contributed by atoms with Crippen LogP contribution in [-0.4, -0.2) is 36.6 Å². The standard InChI is InChI=1S/C17H27N3/c1-19-11-7-4-8-16(19)15-9-10-17(18-14-15)20-12-5-2-3-6-13-20/h9-10,14,16H,2-8,11-13H2,1H3. The van der Waals surface area contributed by atoms with Gasteiger partial charge in [0.25, 0.3) is 0 Å². The van der Waals surface area contributed by atoms with Gasteiger partial charge in [-0.2, -0.15) is 0 Å². The molecule has 2 aliphatic heterocycles.